The number of carbonyl (C=O) groups excluding carboxylic acids is 1. The monoisotopic (exact) mass is 429 g/mol. The Balaban J connectivity index is 1.69. The lowest BCUT2D eigenvalue weighted by atomic mass is 9.96. The van der Waals surface area contributed by atoms with Crippen molar-refractivity contribution in [1.29, 1.82) is 0 Å². The van der Waals surface area contributed by atoms with Gasteiger partial charge in [-0.2, -0.15) is 5.10 Å². The zero-order valence-corrected chi connectivity index (χ0v) is 17.6. The third-order valence-corrected chi connectivity index (χ3v) is 5.79. The number of ether oxygens (including phenoxy) is 1. The summed E-state index contributed by atoms with van der Waals surface area (Å²) in [6, 6.07) is 24.6. The summed E-state index contributed by atoms with van der Waals surface area (Å²) in [6.45, 7) is 2.52. The lowest BCUT2D eigenvalue weighted by Crippen LogP contribution is -2.29. The van der Waals surface area contributed by atoms with Gasteiger partial charge in [0.25, 0.3) is 5.91 Å². The lowest BCUT2D eigenvalue weighted by Gasteiger charge is -2.27. The molecular formula is C25H20ClN3O2. The second kappa shape index (κ2) is 7.93. The lowest BCUT2D eigenvalue weighted by molar-refractivity contribution is 0.0988. The van der Waals surface area contributed by atoms with Crippen LogP contribution in [0, 0.1) is 0 Å². The Hall–Kier alpha value is -3.57. The van der Waals surface area contributed by atoms with Gasteiger partial charge in [-0.15, -0.1) is 0 Å². The first kappa shape index (κ1) is 19.4. The standard InChI is InChI=1S/C25H20ClN3O2/c1-2-31-18-14-12-17(13-15-18)29-24(19-10-6-7-11-20(19)26)21-22(16-8-4-3-5-9-16)27-28-23(21)25(29)30/h3-15,24H,2H2,1H3,(H,27,28). The van der Waals surface area contributed by atoms with Gasteiger partial charge in [0.15, 0.2) is 0 Å². The summed E-state index contributed by atoms with van der Waals surface area (Å²) in [4.78, 5) is 15.3. The number of aromatic amines is 1. The summed E-state index contributed by atoms with van der Waals surface area (Å²) in [7, 11) is 0. The number of amides is 1. The van der Waals surface area contributed by atoms with Crippen molar-refractivity contribution in [2.24, 2.45) is 0 Å². The van der Waals surface area contributed by atoms with Crippen LogP contribution in [-0.4, -0.2) is 22.7 Å². The van der Waals surface area contributed by atoms with Crippen LogP contribution < -0.4 is 9.64 Å². The van der Waals surface area contributed by atoms with Crippen LogP contribution >= 0.6 is 11.6 Å². The van der Waals surface area contributed by atoms with E-state index < -0.39 is 6.04 Å². The van der Waals surface area contributed by atoms with Crippen molar-refractivity contribution in [1.82, 2.24) is 10.2 Å². The van der Waals surface area contributed by atoms with E-state index >= 15 is 0 Å². The molecular weight excluding hydrogens is 410 g/mol. The molecule has 5 nitrogen and oxygen atoms in total. The normalized spacial score (nSPS) is 15.2. The number of aromatic nitrogens is 2. The van der Waals surface area contributed by atoms with E-state index in [9.17, 15) is 4.79 Å². The number of fused-ring (bicyclic) bond motifs is 1. The highest BCUT2D eigenvalue weighted by Gasteiger charge is 2.43. The predicted octanol–water partition coefficient (Wildman–Crippen LogP) is 5.88. The highest BCUT2D eigenvalue weighted by molar-refractivity contribution is 6.31. The van der Waals surface area contributed by atoms with E-state index in [4.69, 9.17) is 16.3 Å². The van der Waals surface area contributed by atoms with Crippen molar-refractivity contribution in [3.63, 3.8) is 0 Å². The van der Waals surface area contributed by atoms with Gasteiger partial charge in [0.05, 0.1) is 18.3 Å². The van der Waals surface area contributed by atoms with Crippen molar-refractivity contribution in [2.45, 2.75) is 13.0 Å². The highest BCUT2D eigenvalue weighted by atomic mass is 35.5. The second-order valence-electron chi connectivity index (χ2n) is 7.25. The van der Waals surface area contributed by atoms with Crippen LogP contribution in [0.2, 0.25) is 5.02 Å². The van der Waals surface area contributed by atoms with Crippen LogP contribution in [0.5, 0.6) is 5.75 Å². The Morgan fingerprint density at radius 1 is 1.00 bits per heavy atom. The zero-order valence-electron chi connectivity index (χ0n) is 16.9. The summed E-state index contributed by atoms with van der Waals surface area (Å²) in [6.07, 6.45) is 0. The van der Waals surface area contributed by atoms with Crippen molar-refractivity contribution in [3.8, 4) is 17.0 Å². The number of hydrogen-bond donors (Lipinski definition) is 1. The molecule has 2 heterocycles. The number of anilines is 1. The Kier molecular flexibility index (Phi) is 4.96. The van der Waals surface area contributed by atoms with Gasteiger partial charge in [0.2, 0.25) is 0 Å². The fourth-order valence-electron chi connectivity index (χ4n) is 4.09. The molecule has 1 amide bonds. The molecule has 1 aliphatic heterocycles. The topological polar surface area (TPSA) is 58.2 Å². The van der Waals surface area contributed by atoms with Crippen LogP contribution in [0.25, 0.3) is 11.3 Å². The first-order chi connectivity index (χ1) is 15.2. The van der Waals surface area contributed by atoms with Gasteiger partial charge in [-0.1, -0.05) is 60.1 Å². The van der Waals surface area contributed by atoms with Crippen LogP contribution in [0.15, 0.2) is 78.9 Å². The number of rotatable bonds is 5. The van der Waals surface area contributed by atoms with Gasteiger partial charge in [-0.3, -0.25) is 14.8 Å². The molecule has 1 atom stereocenters. The predicted molar refractivity (Wildman–Crippen MR) is 122 cm³/mol. The molecule has 0 aliphatic carbocycles. The number of carbonyl (C=O) groups is 1. The highest BCUT2D eigenvalue weighted by Crippen LogP contribution is 2.46. The first-order valence-electron chi connectivity index (χ1n) is 10.1. The van der Waals surface area contributed by atoms with E-state index in [1.807, 2.05) is 85.8 Å². The maximum absolute atomic E-state index is 13.5. The third kappa shape index (κ3) is 3.27. The number of nitrogens with zero attached hydrogens (tertiary/aromatic N) is 2. The molecule has 0 saturated heterocycles. The number of nitrogens with one attached hydrogen (secondary N) is 1. The van der Waals surface area contributed by atoms with Gasteiger partial charge in [-0.25, -0.2) is 0 Å². The molecule has 0 bridgehead atoms. The van der Waals surface area contributed by atoms with Gasteiger partial charge >= 0.3 is 0 Å². The Labute approximate surface area is 185 Å². The van der Waals surface area contributed by atoms with Crippen molar-refractivity contribution in [2.75, 3.05) is 11.5 Å². The summed E-state index contributed by atoms with van der Waals surface area (Å²) in [5.74, 6) is 0.621. The molecule has 5 rings (SSSR count). The molecule has 0 radical (unpaired) electrons. The average molecular weight is 430 g/mol. The molecule has 1 aromatic heterocycles. The number of H-pyrrole nitrogens is 1. The molecule has 1 N–H and O–H groups in total. The fourth-order valence-corrected chi connectivity index (χ4v) is 4.33. The van der Waals surface area contributed by atoms with Crippen LogP contribution in [0.1, 0.15) is 34.6 Å². The minimum atomic E-state index is -0.400. The van der Waals surface area contributed by atoms with E-state index in [-0.39, 0.29) is 5.91 Å². The molecule has 0 fully saturated rings. The summed E-state index contributed by atoms with van der Waals surface area (Å²) in [5.41, 5.74) is 4.63. The van der Waals surface area contributed by atoms with Gasteiger partial charge in [0.1, 0.15) is 11.4 Å². The molecule has 3 aromatic carbocycles. The second-order valence-corrected chi connectivity index (χ2v) is 7.66. The van der Waals surface area contributed by atoms with Crippen LogP contribution in [-0.2, 0) is 0 Å². The number of hydrogen-bond acceptors (Lipinski definition) is 3. The smallest absolute Gasteiger partial charge is 0.277 e. The quantitative estimate of drug-likeness (QED) is 0.431. The van der Waals surface area contributed by atoms with E-state index in [0.717, 1.165) is 33.8 Å². The SMILES string of the molecule is CCOc1ccc(N2C(=O)c3[nH]nc(-c4ccccc4)c3C2c2ccccc2Cl)cc1. The van der Waals surface area contributed by atoms with E-state index in [1.54, 1.807) is 4.90 Å². The molecule has 31 heavy (non-hydrogen) atoms. The minimum absolute atomic E-state index is 0.140. The molecule has 0 saturated carbocycles. The minimum Gasteiger partial charge on any atom is -0.494 e. The summed E-state index contributed by atoms with van der Waals surface area (Å²) < 4.78 is 5.56. The van der Waals surface area contributed by atoms with Gasteiger partial charge < -0.3 is 4.74 Å². The van der Waals surface area contributed by atoms with Gasteiger partial charge in [-0.05, 0) is 42.8 Å². The van der Waals surface area contributed by atoms with E-state index in [1.165, 1.54) is 0 Å². The Morgan fingerprint density at radius 3 is 2.42 bits per heavy atom. The molecule has 4 aromatic rings. The Morgan fingerprint density at radius 2 is 1.71 bits per heavy atom. The van der Waals surface area contributed by atoms with Crippen LogP contribution in [0.3, 0.4) is 0 Å². The molecule has 1 aliphatic rings. The van der Waals surface area contributed by atoms with E-state index in [2.05, 4.69) is 10.2 Å². The molecule has 154 valence electrons. The van der Waals surface area contributed by atoms with Crippen LogP contribution in [0.4, 0.5) is 5.69 Å². The summed E-state index contributed by atoms with van der Waals surface area (Å²) >= 11 is 6.61. The maximum Gasteiger partial charge on any atom is 0.277 e. The maximum atomic E-state index is 13.5. The third-order valence-electron chi connectivity index (χ3n) is 5.44. The van der Waals surface area contributed by atoms with Crippen molar-refractivity contribution < 1.29 is 9.53 Å². The zero-order chi connectivity index (χ0) is 21.4. The van der Waals surface area contributed by atoms with Crippen molar-refractivity contribution >= 4 is 23.2 Å². The fraction of sp³-hybridized carbons (Fsp3) is 0.120. The van der Waals surface area contributed by atoms with Crippen molar-refractivity contribution in [3.05, 3.63) is 101 Å². The summed E-state index contributed by atoms with van der Waals surface area (Å²) in [5, 5.41) is 8.07. The molecule has 6 heteroatoms. The molecule has 1 unspecified atom stereocenters. The first-order valence-corrected chi connectivity index (χ1v) is 10.5. The number of benzene rings is 3. The van der Waals surface area contributed by atoms with Gasteiger partial charge in [0, 0.05) is 21.8 Å². The molecule has 0 spiro atoms. The van der Waals surface area contributed by atoms with E-state index in [0.29, 0.717) is 17.3 Å². The number of halogens is 1. The largest absolute Gasteiger partial charge is 0.494 e. The average Bonchev–Trinajstić information content (AvgIpc) is 3.35. The Bertz CT molecular complexity index is 1240.